The number of likely N-dealkylation sites (tertiary alicyclic amines) is 1. The maximum absolute atomic E-state index is 11.7. The van der Waals surface area contributed by atoms with E-state index in [9.17, 15) is 4.79 Å². The van der Waals surface area contributed by atoms with Crippen LogP contribution in [0.2, 0.25) is 0 Å². The van der Waals surface area contributed by atoms with E-state index in [0.717, 1.165) is 25.9 Å². The third-order valence-corrected chi connectivity index (χ3v) is 5.30. The third-order valence-electron chi connectivity index (χ3n) is 5.30. The zero-order chi connectivity index (χ0) is 23.0. The topological polar surface area (TPSA) is 77.5 Å². The summed E-state index contributed by atoms with van der Waals surface area (Å²) >= 11 is 0. The van der Waals surface area contributed by atoms with Crippen molar-refractivity contribution in [2.75, 3.05) is 32.8 Å². The van der Waals surface area contributed by atoms with Crippen molar-refractivity contribution in [3.63, 3.8) is 0 Å². The fourth-order valence-electron chi connectivity index (χ4n) is 3.97. The molecule has 7 heteroatoms. The van der Waals surface area contributed by atoms with Gasteiger partial charge in [-0.3, -0.25) is 9.69 Å². The van der Waals surface area contributed by atoms with Gasteiger partial charge in [-0.2, -0.15) is 4.89 Å². The van der Waals surface area contributed by atoms with Crippen molar-refractivity contribution in [1.82, 2.24) is 4.90 Å². The van der Waals surface area contributed by atoms with Crippen molar-refractivity contribution in [2.24, 2.45) is 5.92 Å². The third kappa shape index (κ3) is 8.79. The Kier molecular flexibility index (Phi) is 12.1. The molecular weight excluding hydrogens is 410 g/mol. The number of nitrogens with zero attached hydrogens (tertiary/aromatic N) is 1. The van der Waals surface area contributed by atoms with Gasteiger partial charge < -0.3 is 4.74 Å². The minimum absolute atomic E-state index is 0.0550. The molecule has 2 aromatic carbocycles. The normalized spacial score (nSPS) is 14.3. The van der Waals surface area contributed by atoms with Gasteiger partial charge in [-0.25, -0.2) is 5.26 Å². The van der Waals surface area contributed by atoms with Crippen molar-refractivity contribution in [1.29, 1.82) is 0 Å². The summed E-state index contributed by atoms with van der Waals surface area (Å²) in [6.45, 7) is 4.59. The molecule has 32 heavy (non-hydrogen) atoms. The van der Waals surface area contributed by atoms with Crippen LogP contribution in [-0.2, 0) is 24.5 Å². The second-order valence-electron chi connectivity index (χ2n) is 7.33. The van der Waals surface area contributed by atoms with E-state index < -0.39 is 0 Å². The molecule has 2 aromatic rings. The number of terminal acetylenes is 1. The molecule has 0 amide bonds. The van der Waals surface area contributed by atoms with E-state index in [1.165, 1.54) is 11.1 Å². The number of hydrogen-bond acceptors (Lipinski definition) is 7. The molecular formula is C25H31NO6. The SMILES string of the molecule is C#CCOOOO.CCOC(=O)CN1CCC(C(c2ccccc2)c2ccccc2)CC1. The second kappa shape index (κ2) is 15.1. The fraction of sp³-hybridized carbons (Fsp3) is 0.400. The van der Waals surface area contributed by atoms with E-state index in [4.69, 9.17) is 9.99 Å². The summed E-state index contributed by atoms with van der Waals surface area (Å²) < 4.78 is 5.08. The Labute approximate surface area is 189 Å². The molecule has 0 unspecified atom stereocenters. The van der Waals surface area contributed by atoms with Crippen LogP contribution in [0.3, 0.4) is 0 Å². The zero-order valence-electron chi connectivity index (χ0n) is 18.4. The van der Waals surface area contributed by atoms with Crippen LogP contribution in [0.25, 0.3) is 0 Å². The number of rotatable bonds is 9. The summed E-state index contributed by atoms with van der Waals surface area (Å²) in [5.41, 5.74) is 2.77. The van der Waals surface area contributed by atoms with Crippen LogP contribution >= 0.6 is 0 Å². The first kappa shape index (κ1) is 25.5. The molecule has 0 aromatic heterocycles. The first-order valence-electron chi connectivity index (χ1n) is 10.7. The maximum Gasteiger partial charge on any atom is 0.320 e. The predicted molar refractivity (Wildman–Crippen MR) is 120 cm³/mol. The van der Waals surface area contributed by atoms with Crippen LogP contribution in [0, 0.1) is 18.3 Å². The maximum atomic E-state index is 11.7. The summed E-state index contributed by atoms with van der Waals surface area (Å²) in [6, 6.07) is 21.6. The van der Waals surface area contributed by atoms with Gasteiger partial charge in [0.2, 0.25) is 0 Å². The highest BCUT2D eigenvalue weighted by Gasteiger charge is 2.29. The molecule has 1 fully saturated rings. The van der Waals surface area contributed by atoms with Gasteiger partial charge >= 0.3 is 5.97 Å². The monoisotopic (exact) mass is 441 g/mol. The lowest BCUT2D eigenvalue weighted by Gasteiger charge is -2.36. The molecule has 1 aliphatic rings. The van der Waals surface area contributed by atoms with Crippen molar-refractivity contribution < 1.29 is 29.8 Å². The Balaban J connectivity index is 0.000000451. The fourth-order valence-corrected chi connectivity index (χ4v) is 3.97. The average molecular weight is 442 g/mol. The first-order valence-corrected chi connectivity index (χ1v) is 10.7. The van der Waals surface area contributed by atoms with Crippen LogP contribution in [-0.4, -0.2) is 49.0 Å². The predicted octanol–water partition coefficient (Wildman–Crippen LogP) is 4.07. The summed E-state index contributed by atoms with van der Waals surface area (Å²) in [6.07, 6.45) is 6.89. The van der Waals surface area contributed by atoms with E-state index in [1.54, 1.807) is 0 Å². The van der Waals surface area contributed by atoms with Crippen molar-refractivity contribution >= 4 is 5.97 Å². The number of piperidine rings is 1. The molecule has 0 atom stereocenters. The highest BCUT2D eigenvalue weighted by atomic mass is 17.6. The number of carbonyl (C=O) groups excluding carboxylic acids is 1. The molecule has 1 aliphatic heterocycles. The van der Waals surface area contributed by atoms with E-state index in [2.05, 4.69) is 92.9 Å². The quantitative estimate of drug-likeness (QED) is 0.207. The summed E-state index contributed by atoms with van der Waals surface area (Å²) in [5, 5.41) is 13.9. The Hall–Kier alpha value is -2.73. The Bertz CT molecular complexity index is 761. The van der Waals surface area contributed by atoms with E-state index >= 15 is 0 Å². The number of ether oxygens (including phenoxy) is 1. The summed E-state index contributed by atoms with van der Waals surface area (Å²) in [7, 11) is 0. The standard InChI is InChI=1S/C22H27NO2.C3H4O4/c1-2-25-21(24)17-23-15-13-20(14-16-23)22(18-9-5-3-6-10-18)19-11-7-4-8-12-19;1-2-3-5-7-6-4/h3-12,20,22H,2,13-17H2,1H3;1,4H,3H2. The second-order valence-corrected chi connectivity index (χ2v) is 7.33. The number of carbonyl (C=O) groups is 1. The van der Waals surface area contributed by atoms with E-state index in [-0.39, 0.29) is 12.6 Å². The minimum atomic E-state index is -0.108. The molecule has 7 nitrogen and oxygen atoms in total. The molecule has 0 spiro atoms. The average Bonchev–Trinajstić information content (AvgIpc) is 2.83. The van der Waals surface area contributed by atoms with Crippen molar-refractivity contribution in [2.45, 2.75) is 25.7 Å². The molecule has 0 radical (unpaired) electrons. The number of benzene rings is 2. The molecule has 0 saturated carbocycles. The van der Waals surface area contributed by atoms with Crippen LogP contribution in [0.1, 0.15) is 36.8 Å². The Morgan fingerprint density at radius 1 is 1.09 bits per heavy atom. The van der Waals surface area contributed by atoms with Gasteiger partial charge in [0, 0.05) is 5.92 Å². The minimum Gasteiger partial charge on any atom is -0.465 e. The zero-order valence-corrected chi connectivity index (χ0v) is 18.4. The van der Waals surface area contributed by atoms with Crippen LogP contribution in [0.4, 0.5) is 0 Å². The van der Waals surface area contributed by atoms with Gasteiger partial charge in [-0.05, 0) is 60.0 Å². The summed E-state index contributed by atoms with van der Waals surface area (Å²) in [5.74, 6) is 2.98. The van der Waals surface area contributed by atoms with E-state index in [0.29, 0.717) is 25.0 Å². The van der Waals surface area contributed by atoms with Gasteiger partial charge in [-0.15, -0.1) is 6.42 Å². The lowest BCUT2D eigenvalue weighted by Crippen LogP contribution is -2.39. The molecule has 0 bridgehead atoms. The molecule has 1 N–H and O–H groups in total. The van der Waals surface area contributed by atoms with Gasteiger partial charge in [0.15, 0.2) is 0 Å². The number of hydrogen-bond donors (Lipinski definition) is 1. The lowest BCUT2D eigenvalue weighted by molar-refractivity contribution is -0.620. The van der Waals surface area contributed by atoms with Crippen molar-refractivity contribution in [3.05, 3.63) is 71.8 Å². The molecule has 172 valence electrons. The highest BCUT2D eigenvalue weighted by molar-refractivity contribution is 5.71. The van der Waals surface area contributed by atoms with Gasteiger partial charge in [0.25, 0.3) is 0 Å². The van der Waals surface area contributed by atoms with Crippen LogP contribution < -0.4 is 0 Å². The molecule has 1 saturated heterocycles. The largest absolute Gasteiger partial charge is 0.465 e. The molecule has 0 aliphatic carbocycles. The molecule has 3 rings (SSSR count). The lowest BCUT2D eigenvalue weighted by atomic mass is 9.76. The Morgan fingerprint density at radius 2 is 1.66 bits per heavy atom. The Morgan fingerprint density at radius 3 is 2.12 bits per heavy atom. The number of esters is 1. The van der Waals surface area contributed by atoms with Gasteiger partial charge in [0.05, 0.1) is 13.2 Å². The summed E-state index contributed by atoms with van der Waals surface area (Å²) in [4.78, 5) is 17.9. The first-order chi connectivity index (χ1) is 15.7. The van der Waals surface area contributed by atoms with E-state index in [1.807, 2.05) is 6.92 Å². The highest BCUT2D eigenvalue weighted by Crippen LogP contribution is 2.37. The smallest absolute Gasteiger partial charge is 0.320 e. The van der Waals surface area contributed by atoms with Crippen LogP contribution in [0.15, 0.2) is 60.7 Å². The molecule has 1 heterocycles. The van der Waals surface area contributed by atoms with Crippen LogP contribution in [0.5, 0.6) is 0 Å². The van der Waals surface area contributed by atoms with Gasteiger partial charge in [-0.1, -0.05) is 66.6 Å². The van der Waals surface area contributed by atoms with Gasteiger partial charge in [0.1, 0.15) is 6.61 Å². The van der Waals surface area contributed by atoms with Crippen molar-refractivity contribution in [3.8, 4) is 12.3 Å².